The van der Waals surface area contributed by atoms with Gasteiger partial charge < -0.3 is 0 Å². The van der Waals surface area contributed by atoms with E-state index in [0.717, 1.165) is 12.8 Å². The molecule has 0 heterocycles. The van der Waals surface area contributed by atoms with Gasteiger partial charge in [0.05, 0.1) is 0 Å². The van der Waals surface area contributed by atoms with Gasteiger partial charge in [0.15, 0.2) is 0 Å². The summed E-state index contributed by atoms with van der Waals surface area (Å²) in [5.41, 5.74) is 0. The number of esters is 1. The molecule has 0 aliphatic rings. The molecule has 1 aromatic carbocycles. The molecule has 0 aliphatic heterocycles. The summed E-state index contributed by atoms with van der Waals surface area (Å²) >= 11 is 0.331. The van der Waals surface area contributed by atoms with Crippen molar-refractivity contribution in [1.82, 2.24) is 0 Å². The monoisotopic (exact) mass is 284 g/mol. The van der Waals surface area contributed by atoms with Crippen LogP contribution in [0.4, 0.5) is 0 Å². The third kappa shape index (κ3) is 5.74. The maximum absolute atomic E-state index is 10.5. The van der Waals surface area contributed by atoms with E-state index in [1.165, 1.54) is 15.9 Å². The summed E-state index contributed by atoms with van der Waals surface area (Å²) in [6.07, 6.45) is 1.80. The van der Waals surface area contributed by atoms with Gasteiger partial charge in [-0.05, 0) is 0 Å². The predicted molar refractivity (Wildman–Crippen MR) is 66.8 cm³/mol. The first-order valence-corrected chi connectivity index (χ1v) is 6.94. The Morgan fingerprint density at radius 1 is 1.38 bits per heavy atom. The first-order valence-electron chi connectivity index (χ1n) is 5.22. The van der Waals surface area contributed by atoms with Gasteiger partial charge in [0.2, 0.25) is 0 Å². The molecule has 3 heteroatoms. The van der Waals surface area contributed by atoms with Crippen LogP contribution in [0.15, 0.2) is 41.4 Å². The Bertz CT molecular complexity index is 346. The molecule has 0 amide bonds. The number of hydrogen-bond donors (Lipinski definition) is 0. The second-order valence-corrected chi connectivity index (χ2v) is 6.03. The van der Waals surface area contributed by atoms with Crippen LogP contribution in [-0.2, 0) is 9.53 Å². The van der Waals surface area contributed by atoms with Gasteiger partial charge in [0.25, 0.3) is 0 Å². The molecule has 0 unspecified atom stereocenters. The van der Waals surface area contributed by atoms with E-state index >= 15 is 0 Å². The van der Waals surface area contributed by atoms with Crippen LogP contribution in [0.3, 0.4) is 0 Å². The molecule has 2 nitrogen and oxygen atoms in total. The normalized spacial score (nSPS) is 9.81. The molecule has 0 saturated heterocycles. The van der Waals surface area contributed by atoms with Crippen LogP contribution in [-0.4, -0.2) is 27.5 Å². The Hall–Kier alpha value is -1.05. The molecule has 1 rings (SSSR count). The van der Waals surface area contributed by atoms with Crippen LogP contribution in [0.25, 0.3) is 0 Å². The molecule has 0 radical (unpaired) electrons. The van der Waals surface area contributed by atoms with Gasteiger partial charge in [-0.25, -0.2) is 0 Å². The van der Waals surface area contributed by atoms with Crippen LogP contribution in [0, 0.1) is 0 Å². The molecule has 0 spiro atoms. The Labute approximate surface area is 103 Å². The number of hydrogen-bond acceptors (Lipinski definition) is 2. The molecule has 0 fully saturated rings. The quantitative estimate of drug-likeness (QED) is 0.452. The van der Waals surface area contributed by atoms with E-state index in [9.17, 15) is 4.79 Å². The molecule has 0 aromatic heterocycles. The number of ether oxygens (including phenoxy) is 1. The Morgan fingerprint density at radius 2 is 2.06 bits per heavy atom. The van der Waals surface area contributed by atoms with Gasteiger partial charge in [-0.3, -0.25) is 0 Å². The number of allylic oxidation sites excluding steroid dienone is 1. The Morgan fingerprint density at radius 3 is 2.69 bits per heavy atom. The molecule has 86 valence electrons. The van der Waals surface area contributed by atoms with Gasteiger partial charge >= 0.3 is 103 Å². The minimum absolute atomic E-state index is 0.209. The topological polar surface area (TPSA) is 26.3 Å². The third-order valence-electron chi connectivity index (χ3n) is 1.91. The molecule has 1 aromatic rings. The Balaban J connectivity index is 2.19. The van der Waals surface area contributed by atoms with Crippen molar-refractivity contribution in [3.05, 3.63) is 41.4 Å². The van der Waals surface area contributed by atoms with E-state index in [2.05, 4.69) is 18.7 Å². The molecule has 0 saturated carbocycles. The van der Waals surface area contributed by atoms with Crippen LogP contribution >= 0.6 is 0 Å². The van der Waals surface area contributed by atoms with E-state index in [-0.39, 0.29) is 5.97 Å². The van der Waals surface area contributed by atoms with Crippen LogP contribution in [0.5, 0.6) is 0 Å². The van der Waals surface area contributed by atoms with Gasteiger partial charge in [-0.1, -0.05) is 0 Å². The minimum atomic E-state index is -0.209. The molecule has 0 aliphatic carbocycles. The van der Waals surface area contributed by atoms with Crippen molar-refractivity contribution >= 4 is 25.4 Å². The SMILES string of the molecule is C=C(CCCOC(C)=O)[Se]c1ccccc1. The molecule has 16 heavy (non-hydrogen) atoms. The number of carbonyl (C=O) groups is 1. The summed E-state index contributed by atoms with van der Waals surface area (Å²) in [6.45, 7) is 5.99. The van der Waals surface area contributed by atoms with Crippen molar-refractivity contribution in [2.45, 2.75) is 19.8 Å². The molecular weight excluding hydrogens is 267 g/mol. The summed E-state index contributed by atoms with van der Waals surface area (Å²) in [5, 5.41) is 0. The fourth-order valence-electron chi connectivity index (χ4n) is 1.19. The van der Waals surface area contributed by atoms with Crippen molar-refractivity contribution in [1.29, 1.82) is 0 Å². The average molecular weight is 283 g/mol. The summed E-state index contributed by atoms with van der Waals surface area (Å²) in [7, 11) is 0. The van der Waals surface area contributed by atoms with Crippen LogP contribution < -0.4 is 4.46 Å². The number of carbonyl (C=O) groups excluding carboxylic acids is 1. The molecule has 0 bridgehead atoms. The Kier molecular flexibility index (Phi) is 5.91. The van der Waals surface area contributed by atoms with Crippen LogP contribution in [0.1, 0.15) is 19.8 Å². The van der Waals surface area contributed by atoms with E-state index in [4.69, 9.17) is 4.74 Å². The van der Waals surface area contributed by atoms with Gasteiger partial charge in [0, 0.05) is 0 Å². The standard InChI is InChI=1S/C13H16O2Se/c1-11(7-6-10-15-12(2)14)16-13-8-4-3-5-9-13/h3-5,8-9H,1,6-7,10H2,2H3. The molecule has 0 N–H and O–H groups in total. The number of rotatable bonds is 6. The third-order valence-corrected chi connectivity index (χ3v) is 4.01. The summed E-state index contributed by atoms with van der Waals surface area (Å²) in [6, 6.07) is 10.4. The van der Waals surface area contributed by atoms with E-state index in [0.29, 0.717) is 21.6 Å². The zero-order valence-electron chi connectivity index (χ0n) is 9.44. The first-order chi connectivity index (χ1) is 7.68. The second kappa shape index (κ2) is 7.26. The van der Waals surface area contributed by atoms with Crippen LogP contribution in [0.2, 0.25) is 0 Å². The van der Waals surface area contributed by atoms with Crippen molar-refractivity contribution in [2.24, 2.45) is 0 Å². The second-order valence-electron chi connectivity index (χ2n) is 3.40. The predicted octanol–water partition coefficient (Wildman–Crippen LogP) is 1.87. The first kappa shape index (κ1) is 13.0. The number of benzene rings is 1. The van der Waals surface area contributed by atoms with Crippen molar-refractivity contribution in [2.75, 3.05) is 6.61 Å². The molecule has 0 atom stereocenters. The van der Waals surface area contributed by atoms with E-state index < -0.39 is 0 Å². The fraction of sp³-hybridized carbons (Fsp3) is 0.308. The zero-order valence-corrected chi connectivity index (χ0v) is 11.2. The van der Waals surface area contributed by atoms with E-state index in [1.54, 1.807) is 0 Å². The average Bonchev–Trinajstić information content (AvgIpc) is 2.25. The van der Waals surface area contributed by atoms with Crippen molar-refractivity contribution < 1.29 is 9.53 Å². The summed E-state index contributed by atoms with van der Waals surface area (Å²) < 4.78 is 7.45. The van der Waals surface area contributed by atoms with Crippen molar-refractivity contribution in [3.8, 4) is 0 Å². The summed E-state index contributed by atoms with van der Waals surface area (Å²) in [4.78, 5) is 10.5. The van der Waals surface area contributed by atoms with Gasteiger partial charge in [0.1, 0.15) is 0 Å². The fourth-order valence-corrected chi connectivity index (χ4v) is 3.02. The van der Waals surface area contributed by atoms with E-state index in [1.807, 2.05) is 18.2 Å². The van der Waals surface area contributed by atoms with Crippen molar-refractivity contribution in [3.63, 3.8) is 0 Å². The summed E-state index contributed by atoms with van der Waals surface area (Å²) in [5.74, 6) is -0.209. The zero-order chi connectivity index (χ0) is 11.8. The van der Waals surface area contributed by atoms with Gasteiger partial charge in [-0.2, -0.15) is 0 Å². The maximum atomic E-state index is 10.5. The van der Waals surface area contributed by atoms with Gasteiger partial charge in [-0.15, -0.1) is 0 Å². The molecular formula is C13H16O2Se.